The number of aliphatic carboxylic acids is 1. The maximum absolute atomic E-state index is 12.8. The van der Waals surface area contributed by atoms with Crippen LogP contribution in [0.15, 0.2) is 0 Å². The number of rotatable bonds is 7. The van der Waals surface area contributed by atoms with Crippen LogP contribution in [0.4, 0.5) is 0 Å². The van der Waals surface area contributed by atoms with Gasteiger partial charge < -0.3 is 5.11 Å². The molecular weight excluding hydrogens is 280 g/mol. The van der Waals surface area contributed by atoms with Crippen LogP contribution in [0.2, 0.25) is 0 Å². The van der Waals surface area contributed by atoms with Crippen LogP contribution in [-0.4, -0.2) is 53.3 Å². The summed E-state index contributed by atoms with van der Waals surface area (Å²) < 4.78 is 28.3. The average molecular weight is 304 g/mol. The Morgan fingerprint density at radius 2 is 2.00 bits per heavy atom. The van der Waals surface area contributed by atoms with E-state index in [2.05, 4.69) is 0 Å². The number of carboxylic acid groups (broad SMARTS) is 1. The lowest BCUT2D eigenvalue weighted by molar-refractivity contribution is -0.142. The number of hydrogen-bond acceptors (Lipinski definition) is 3. The topological polar surface area (TPSA) is 77.9 Å². The fourth-order valence-corrected chi connectivity index (χ4v) is 4.82. The van der Waals surface area contributed by atoms with Gasteiger partial charge in [0.1, 0.15) is 6.04 Å². The van der Waals surface area contributed by atoms with Crippen molar-refractivity contribution in [1.82, 2.24) is 8.61 Å². The maximum atomic E-state index is 12.8. The van der Waals surface area contributed by atoms with Crippen molar-refractivity contribution in [3.05, 3.63) is 0 Å². The standard InChI is InChI=1S/C13H24N2O4S/c1-2-3-9-14(11-7-8-11)20(18,19)15-10-5-4-6-12(15)13(16)17/h11-12H,2-10H2,1H3,(H,16,17). The molecule has 0 radical (unpaired) electrons. The minimum absolute atomic E-state index is 0.0860. The third-order valence-corrected chi connectivity index (χ3v) is 6.12. The lowest BCUT2D eigenvalue weighted by Crippen LogP contribution is -2.54. The molecule has 1 atom stereocenters. The minimum Gasteiger partial charge on any atom is -0.480 e. The van der Waals surface area contributed by atoms with E-state index >= 15 is 0 Å². The second-order valence-corrected chi connectivity index (χ2v) is 7.50. The smallest absolute Gasteiger partial charge is 0.322 e. The fourth-order valence-electron chi connectivity index (χ4n) is 2.73. The second-order valence-electron chi connectivity index (χ2n) is 5.66. The van der Waals surface area contributed by atoms with Gasteiger partial charge in [-0.2, -0.15) is 17.0 Å². The Morgan fingerprint density at radius 3 is 2.55 bits per heavy atom. The molecule has 1 unspecified atom stereocenters. The van der Waals surface area contributed by atoms with Gasteiger partial charge >= 0.3 is 5.97 Å². The number of carboxylic acids is 1. The summed E-state index contributed by atoms with van der Waals surface area (Å²) in [6.07, 6.45) is 5.49. The molecule has 2 rings (SSSR count). The van der Waals surface area contributed by atoms with E-state index in [1.165, 1.54) is 8.61 Å². The lowest BCUT2D eigenvalue weighted by Gasteiger charge is -2.36. The molecule has 1 aliphatic carbocycles. The molecule has 1 N–H and O–H groups in total. The van der Waals surface area contributed by atoms with E-state index in [0.717, 1.165) is 38.5 Å². The van der Waals surface area contributed by atoms with Gasteiger partial charge in [0.25, 0.3) is 10.2 Å². The number of piperidine rings is 1. The van der Waals surface area contributed by atoms with E-state index in [4.69, 9.17) is 0 Å². The number of carbonyl (C=O) groups is 1. The van der Waals surface area contributed by atoms with Crippen molar-refractivity contribution in [2.24, 2.45) is 0 Å². The first-order valence-corrected chi connectivity index (χ1v) is 8.89. The first-order chi connectivity index (χ1) is 9.48. The highest BCUT2D eigenvalue weighted by Crippen LogP contribution is 2.33. The van der Waals surface area contributed by atoms with Crippen LogP contribution in [0.5, 0.6) is 0 Å². The highest BCUT2D eigenvalue weighted by molar-refractivity contribution is 7.86. The second kappa shape index (κ2) is 6.41. The van der Waals surface area contributed by atoms with E-state index in [1.54, 1.807) is 0 Å². The first kappa shape index (κ1) is 15.7. The summed E-state index contributed by atoms with van der Waals surface area (Å²) in [7, 11) is -3.64. The largest absolute Gasteiger partial charge is 0.480 e. The molecule has 0 aromatic heterocycles. The molecule has 7 heteroatoms. The Balaban J connectivity index is 2.18. The Kier molecular flexibility index (Phi) is 5.04. The molecule has 1 heterocycles. The van der Waals surface area contributed by atoms with Crippen molar-refractivity contribution in [3.63, 3.8) is 0 Å². The maximum Gasteiger partial charge on any atom is 0.322 e. The van der Waals surface area contributed by atoms with Gasteiger partial charge in [0.2, 0.25) is 0 Å². The van der Waals surface area contributed by atoms with Crippen molar-refractivity contribution < 1.29 is 18.3 Å². The lowest BCUT2D eigenvalue weighted by atomic mass is 10.1. The Hall–Kier alpha value is -0.660. The Bertz CT molecular complexity index is 447. The quantitative estimate of drug-likeness (QED) is 0.772. The van der Waals surface area contributed by atoms with Gasteiger partial charge in [0, 0.05) is 19.1 Å². The van der Waals surface area contributed by atoms with Gasteiger partial charge in [0.05, 0.1) is 0 Å². The van der Waals surface area contributed by atoms with Crippen LogP contribution in [0.1, 0.15) is 51.9 Å². The van der Waals surface area contributed by atoms with Crippen LogP contribution >= 0.6 is 0 Å². The van der Waals surface area contributed by atoms with Crippen molar-refractivity contribution >= 4 is 16.2 Å². The molecule has 0 aromatic carbocycles. The van der Waals surface area contributed by atoms with Crippen molar-refractivity contribution in [1.29, 1.82) is 0 Å². The van der Waals surface area contributed by atoms with Gasteiger partial charge in [-0.05, 0) is 38.5 Å². The number of hydrogen-bond donors (Lipinski definition) is 1. The molecule has 6 nitrogen and oxygen atoms in total. The summed E-state index contributed by atoms with van der Waals surface area (Å²) in [4.78, 5) is 11.3. The molecule has 20 heavy (non-hydrogen) atoms. The van der Waals surface area contributed by atoms with Crippen LogP contribution < -0.4 is 0 Å². The zero-order valence-electron chi connectivity index (χ0n) is 12.0. The van der Waals surface area contributed by atoms with Crippen LogP contribution in [0, 0.1) is 0 Å². The molecule has 116 valence electrons. The van der Waals surface area contributed by atoms with Crippen LogP contribution in [0.25, 0.3) is 0 Å². The number of nitrogens with zero attached hydrogens (tertiary/aromatic N) is 2. The highest BCUT2D eigenvalue weighted by atomic mass is 32.2. The van der Waals surface area contributed by atoms with Gasteiger partial charge in [-0.1, -0.05) is 13.3 Å². The monoisotopic (exact) mass is 304 g/mol. The summed E-state index contributed by atoms with van der Waals surface area (Å²) in [6.45, 7) is 2.86. The van der Waals surface area contributed by atoms with Crippen LogP contribution in [-0.2, 0) is 15.0 Å². The molecule has 2 fully saturated rings. The van der Waals surface area contributed by atoms with E-state index in [-0.39, 0.29) is 6.04 Å². The SMILES string of the molecule is CCCCN(C1CC1)S(=O)(=O)N1CCCCC1C(=O)O. The summed E-state index contributed by atoms with van der Waals surface area (Å²) >= 11 is 0. The van der Waals surface area contributed by atoms with E-state index in [0.29, 0.717) is 19.5 Å². The van der Waals surface area contributed by atoms with E-state index in [9.17, 15) is 18.3 Å². The Labute approximate surface area is 120 Å². The molecule has 0 spiro atoms. The fraction of sp³-hybridized carbons (Fsp3) is 0.923. The predicted molar refractivity (Wildman–Crippen MR) is 75.5 cm³/mol. The van der Waals surface area contributed by atoms with Crippen molar-refractivity contribution in [2.75, 3.05) is 13.1 Å². The van der Waals surface area contributed by atoms with E-state index in [1.807, 2.05) is 6.92 Å². The molecular formula is C13H24N2O4S. The minimum atomic E-state index is -3.64. The van der Waals surface area contributed by atoms with Gasteiger partial charge in [-0.25, -0.2) is 0 Å². The summed E-state index contributed by atoms with van der Waals surface area (Å²) in [5.74, 6) is -1.03. The van der Waals surface area contributed by atoms with E-state index < -0.39 is 22.2 Å². The Morgan fingerprint density at radius 1 is 1.30 bits per heavy atom. The average Bonchev–Trinajstić information content (AvgIpc) is 3.23. The van der Waals surface area contributed by atoms with Gasteiger partial charge in [0.15, 0.2) is 0 Å². The number of unbranched alkanes of at least 4 members (excludes halogenated alkanes) is 1. The molecule has 1 saturated heterocycles. The van der Waals surface area contributed by atoms with Gasteiger partial charge in [-0.15, -0.1) is 0 Å². The molecule has 0 amide bonds. The summed E-state index contributed by atoms with van der Waals surface area (Å²) in [6, 6.07) is -0.806. The zero-order chi connectivity index (χ0) is 14.8. The molecule has 2 aliphatic rings. The molecule has 1 aliphatic heterocycles. The molecule has 1 saturated carbocycles. The third kappa shape index (κ3) is 3.32. The van der Waals surface area contributed by atoms with Crippen LogP contribution in [0.3, 0.4) is 0 Å². The summed E-state index contributed by atoms with van der Waals surface area (Å²) in [5.41, 5.74) is 0. The predicted octanol–water partition coefficient (Wildman–Crippen LogP) is 1.43. The van der Waals surface area contributed by atoms with Gasteiger partial charge in [-0.3, -0.25) is 4.79 Å². The zero-order valence-corrected chi connectivity index (χ0v) is 12.8. The molecule has 0 aromatic rings. The molecule has 0 bridgehead atoms. The highest BCUT2D eigenvalue weighted by Gasteiger charge is 2.44. The van der Waals surface area contributed by atoms with Crippen molar-refractivity contribution in [3.8, 4) is 0 Å². The normalized spacial score (nSPS) is 25.0. The van der Waals surface area contributed by atoms with Crippen molar-refractivity contribution in [2.45, 2.75) is 64.0 Å². The third-order valence-electron chi connectivity index (χ3n) is 4.02. The first-order valence-electron chi connectivity index (χ1n) is 7.50. The summed E-state index contributed by atoms with van der Waals surface area (Å²) in [5, 5.41) is 9.26.